The van der Waals surface area contributed by atoms with E-state index in [0.717, 1.165) is 23.6 Å². The number of carbonyl (C=O) groups excluding carboxylic acids is 1. The number of amides is 1. The highest BCUT2D eigenvalue weighted by atomic mass is 32.2. The fourth-order valence-electron chi connectivity index (χ4n) is 2.06. The van der Waals surface area contributed by atoms with Crippen LogP contribution in [0.5, 0.6) is 0 Å². The Morgan fingerprint density at radius 1 is 1.14 bits per heavy atom. The van der Waals surface area contributed by atoms with E-state index in [0.29, 0.717) is 12.1 Å². The second-order valence-electron chi connectivity index (χ2n) is 5.53. The van der Waals surface area contributed by atoms with Crippen molar-refractivity contribution in [3.8, 4) is 0 Å². The van der Waals surface area contributed by atoms with Gasteiger partial charge in [-0.2, -0.15) is 0 Å². The number of benzene rings is 1. The van der Waals surface area contributed by atoms with Gasteiger partial charge in [0.15, 0.2) is 0 Å². The van der Waals surface area contributed by atoms with Gasteiger partial charge in [-0.15, -0.1) is 0 Å². The van der Waals surface area contributed by atoms with Gasteiger partial charge in [0.2, 0.25) is 15.9 Å². The summed E-state index contributed by atoms with van der Waals surface area (Å²) in [5.41, 5.74) is 0.515. The van der Waals surface area contributed by atoms with Crippen molar-refractivity contribution in [1.82, 2.24) is 4.31 Å². The topological polar surface area (TPSA) is 66.5 Å². The normalized spacial score (nSPS) is 11.6. The van der Waals surface area contributed by atoms with E-state index in [2.05, 4.69) is 12.2 Å². The molecule has 0 saturated heterocycles. The largest absolute Gasteiger partial charge is 0.326 e. The van der Waals surface area contributed by atoms with Gasteiger partial charge < -0.3 is 5.32 Å². The van der Waals surface area contributed by atoms with Crippen LogP contribution in [0.15, 0.2) is 29.2 Å². The van der Waals surface area contributed by atoms with Crippen LogP contribution in [0, 0.1) is 0 Å². The maximum Gasteiger partial charge on any atom is 0.242 e. The van der Waals surface area contributed by atoms with Gasteiger partial charge in [0.25, 0.3) is 0 Å². The van der Waals surface area contributed by atoms with Crippen LogP contribution in [0.2, 0.25) is 0 Å². The lowest BCUT2D eigenvalue weighted by molar-refractivity contribution is -0.116. The van der Waals surface area contributed by atoms with Gasteiger partial charge in [-0.25, -0.2) is 12.7 Å². The maximum atomic E-state index is 12.1. The van der Waals surface area contributed by atoms with Crippen molar-refractivity contribution >= 4 is 21.6 Å². The van der Waals surface area contributed by atoms with E-state index in [1.54, 1.807) is 12.1 Å². The number of anilines is 1. The molecule has 0 aliphatic rings. The van der Waals surface area contributed by atoms with E-state index < -0.39 is 10.0 Å². The van der Waals surface area contributed by atoms with Crippen LogP contribution >= 0.6 is 0 Å². The van der Waals surface area contributed by atoms with Crippen molar-refractivity contribution in [2.75, 3.05) is 19.4 Å². The lowest BCUT2D eigenvalue weighted by Crippen LogP contribution is -2.22. The van der Waals surface area contributed by atoms with Gasteiger partial charge in [0, 0.05) is 26.2 Å². The number of hydrogen-bond donors (Lipinski definition) is 1. The monoisotopic (exact) mass is 326 g/mol. The van der Waals surface area contributed by atoms with Crippen LogP contribution in [0.3, 0.4) is 0 Å². The minimum absolute atomic E-state index is 0.0732. The van der Waals surface area contributed by atoms with Crippen molar-refractivity contribution < 1.29 is 13.2 Å². The molecule has 0 saturated carbocycles. The van der Waals surface area contributed by atoms with E-state index in [1.807, 2.05) is 0 Å². The number of rotatable bonds is 9. The van der Waals surface area contributed by atoms with Gasteiger partial charge >= 0.3 is 0 Å². The molecule has 1 rings (SSSR count). The summed E-state index contributed by atoms with van der Waals surface area (Å²) >= 11 is 0. The van der Waals surface area contributed by atoms with Crippen molar-refractivity contribution in [2.24, 2.45) is 0 Å². The SMILES string of the molecule is CCCCCCCC(=O)Nc1cccc(S(=O)(=O)N(C)C)c1. The van der Waals surface area contributed by atoms with Crippen molar-refractivity contribution in [3.63, 3.8) is 0 Å². The zero-order chi connectivity index (χ0) is 16.6. The molecule has 1 aromatic carbocycles. The van der Waals surface area contributed by atoms with E-state index in [1.165, 1.54) is 39.1 Å². The average molecular weight is 326 g/mol. The predicted molar refractivity (Wildman–Crippen MR) is 89.3 cm³/mol. The summed E-state index contributed by atoms with van der Waals surface area (Å²) in [4.78, 5) is 12.0. The summed E-state index contributed by atoms with van der Waals surface area (Å²) in [6.07, 6.45) is 5.91. The van der Waals surface area contributed by atoms with Crippen molar-refractivity contribution in [1.29, 1.82) is 0 Å². The van der Waals surface area contributed by atoms with Crippen LogP contribution in [0.25, 0.3) is 0 Å². The molecular weight excluding hydrogens is 300 g/mol. The van der Waals surface area contributed by atoms with Crippen LogP contribution in [-0.2, 0) is 14.8 Å². The molecule has 0 spiro atoms. The zero-order valence-corrected chi connectivity index (χ0v) is 14.4. The molecule has 0 aliphatic heterocycles. The summed E-state index contributed by atoms with van der Waals surface area (Å²) in [5.74, 6) is -0.0732. The Morgan fingerprint density at radius 2 is 1.82 bits per heavy atom. The first-order valence-corrected chi connectivity index (χ1v) is 9.14. The molecule has 6 heteroatoms. The van der Waals surface area contributed by atoms with E-state index >= 15 is 0 Å². The summed E-state index contributed by atoms with van der Waals surface area (Å²) in [7, 11) is -0.514. The molecule has 0 fully saturated rings. The number of nitrogens with zero attached hydrogens (tertiary/aromatic N) is 1. The molecule has 124 valence electrons. The fraction of sp³-hybridized carbons (Fsp3) is 0.562. The van der Waals surface area contributed by atoms with Gasteiger partial charge in [-0.05, 0) is 24.6 Å². The fourth-order valence-corrected chi connectivity index (χ4v) is 3.01. The highest BCUT2D eigenvalue weighted by molar-refractivity contribution is 7.89. The summed E-state index contributed by atoms with van der Waals surface area (Å²) in [6.45, 7) is 2.15. The molecule has 1 aromatic rings. The third kappa shape index (κ3) is 5.77. The Morgan fingerprint density at radius 3 is 2.45 bits per heavy atom. The smallest absolute Gasteiger partial charge is 0.242 e. The lowest BCUT2D eigenvalue weighted by Gasteiger charge is -2.12. The first-order valence-electron chi connectivity index (χ1n) is 7.70. The Labute approximate surface area is 133 Å². The Balaban J connectivity index is 2.58. The van der Waals surface area contributed by atoms with Crippen LogP contribution in [-0.4, -0.2) is 32.7 Å². The Kier molecular flexibility index (Phi) is 7.55. The number of carbonyl (C=O) groups is 1. The van der Waals surface area contributed by atoms with E-state index in [-0.39, 0.29) is 10.8 Å². The highest BCUT2D eigenvalue weighted by Gasteiger charge is 2.17. The second-order valence-corrected chi connectivity index (χ2v) is 7.68. The number of unbranched alkanes of at least 4 members (excludes halogenated alkanes) is 4. The number of hydrogen-bond acceptors (Lipinski definition) is 3. The molecule has 0 atom stereocenters. The molecule has 1 N–H and O–H groups in total. The molecule has 1 amide bonds. The van der Waals surface area contributed by atoms with E-state index in [9.17, 15) is 13.2 Å². The molecular formula is C16H26N2O3S. The van der Waals surface area contributed by atoms with Crippen molar-refractivity contribution in [3.05, 3.63) is 24.3 Å². The summed E-state index contributed by atoms with van der Waals surface area (Å²) < 4.78 is 25.3. The number of sulfonamides is 1. The average Bonchev–Trinajstić information content (AvgIpc) is 2.47. The highest BCUT2D eigenvalue weighted by Crippen LogP contribution is 2.18. The lowest BCUT2D eigenvalue weighted by atomic mass is 10.1. The molecule has 0 aromatic heterocycles. The Bertz CT molecular complexity index is 583. The first-order chi connectivity index (χ1) is 10.4. The minimum Gasteiger partial charge on any atom is -0.326 e. The van der Waals surface area contributed by atoms with Crippen LogP contribution in [0.4, 0.5) is 5.69 Å². The van der Waals surface area contributed by atoms with Gasteiger partial charge in [-0.1, -0.05) is 38.7 Å². The van der Waals surface area contributed by atoms with Crippen molar-refractivity contribution in [2.45, 2.75) is 50.3 Å². The molecule has 0 unspecified atom stereocenters. The predicted octanol–water partition coefficient (Wildman–Crippen LogP) is 3.24. The third-order valence-corrected chi connectivity index (χ3v) is 5.21. The Hall–Kier alpha value is -1.40. The van der Waals surface area contributed by atoms with E-state index in [4.69, 9.17) is 0 Å². The molecule has 5 nitrogen and oxygen atoms in total. The minimum atomic E-state index is -3.48. The third-order valence-electron chi connectivity index (χ3n) is 3.40. The molecule has 22 heavy (non-hydrogen) atoms. The van der Waals surface area contributed by atoms with Crippen LogP contribution in [0.1, 0.15) is 45.4 Å². The first kappa shape index (κ1) is 18.6. The molecule has 0 heterocycles. The molecule has 0 aliphatic carbocycles. The maximum absolute atomic E-state index is 12.1. The summed E-state index contributed by atoms with van der Waals surface area (Å²) in [5, 5.41) is 2.76. The second kappa shape index (κ2) is 8.90. The van der Waals surface area contributed by atoms with Crippen LogP contribution < -0.4 is 5.32 Å². The quantitative estimate of drug-likeness (QED) is 0.708. The van der Waals surface area contributed by atoms with Gasteiger partial charge in [-0.3, -0.25) is 4.79 Å². The van der Waals surface area contributed by atoms with Gasteiger partial charge in [0.1, 0.15) is 0 Å². The standard InChI is InChI=1S/C16H26N2O3S/c1-4-5-6-7-8-12-16(19)17-14-10-9-11-15(13-14)22(20,21)18(2)3/h9-11,13H,4-8,12H2,1-3H3,(H,17,19). The molecule has 0 radical (unpaired) electrons. The molecule has 0 bridgehead atoms. The number of nitrogens with one attached hydrogen (secondary N) is 1. The van der Waals surface area contributed by atoms with Gasteiger partial charge in [0.05, 0.1) is 4.90 Å². The zero-order valence-electron chi connectivity index (χ0n) is 13.6. The summed E-state index contributed by atoms with van der Waals surface area (Å²) in [6, 6.07) is 6.34.